The Morgan fingerprint density at radius 3 is 2.60 bits per heavy atom. The molecule has 2 aliphatic rings. The number of carbonyl (C=O) groups is 2. The van der Waals surface area contributed by atoms with Crippen molar-refractivity contribution in [1.82, 2.24) is 9.80 Å². The molecule has 1 fully saturated rings. The predicted octanol–water partition coefficient (Wildman–Crippen LogP) is 7.36. The molecule has 11 heteroatoms. The number of hydrogen-bond donors (Lipinski definition) is 1. The summed E-state index contributed by atoms with van der Waals surface area (Å²) in [5.74, 6) is -1.44. The van der Waals surface area contributed by atoms with Crippen molar-refractivity contribution in [2.24, 2.45) is 0 Å². The van der Waals surface area contributed by atoms with E-state index in [-0.39, 0.29) is 24.0 Å². The highest BCUT2D eigenvalue weighted by Gasteiger charge is 2.44. The third kappa shape index (κ3) is 6.74. The largest absolute Gasteiger partial charge is 0.494 e. The molecule has 1 spiro atoms. The third-order valence-electron chi connectivity index (χ3n) is 8.32. The zero-order valence-electron chi connectivity index (χ0n) is 24.0. The number of amides is 2. The molecule has 3 aromatic rings. The van der Waals surface area contributed by atoms with Crippen LogP contribution in [-0.2, 0) is 21.7 Å². The predicted molar refractivity (Wildman–Crippen MR) is 162 cm³/mol. The van der Waals surface area contributed by atoms with Crippen LogP contribution in [0.15, 0.2) is 54.6 Å². The van der Waals surface area contributed by atoms with Crippen LogP contribution in [0.1, 0.15) is 48.3 Å². The van der Waals surface area contributed by atoms with E-state index in [9.17, 15) is 18.4 Å². The summed E-state index contributed by atoms with van der Waals surface area (Å²) in [6.07, 6.45) is 1.74. The molecular formula is C32H33Cl2F2N3O4. The topological polar surface area (TPSA) is 71.1 Å². The minimum Gasteiger partial charge on any atom is -0.494 e. The van der Waals surface area contributed by atoms with Gasteiger partial charge in [0.05, 0.1) is 28.8 Å². The molecule has 1 atom stereocenters. The highest BCUT2D eigenvalue weighted by Crippen LogP contribution is 2.44. The number of likely N-dealkylation sites (tertiary alicyclic amines) is 1. The van der Waals surface area contributed by atoms with Crippen LogP contribution in [0.5, 0.6) is 5.75 Å². The number of likely N-dealkylation sites (N-methyl/N-ethyl adjacent to an activating group) is 1. The van der Waals surface area contributed by atoms with Crippen molar-refractivity contribution in [3.63, 3.8) is 0 Å². The molecule has 3 aromatic carbocycles. The van der Waals surface area contributed by atoms with Crippen LogP contribution in [-0.4, -0.2) is 55.6 Å². The average molecular weight is 633 g/mol. The Kier molecular flexibility index (Phi) is 9.44. The molecule has 0 saturated carbocycles. The van der Waals surface area contributed by atoms with Crippen LogP contribution in [0.3, 0.4) is 0 Å². The number of nitrogens with zero attached hydrogens (tertiary/aromatic N) is 2. The van der Waals surface area contributed by atoms with Gasteiger partial charge in [0.1, 0.15) is 11.4 Å². The van der Waals surface area contributed by atoms with Crippen LogP contribution in [0.25, 0.3) is 0 Å². The van der Waals surface area contributed by atoms with E-state index in [0.29, 0.717) is 72.2 Å². The van der Waals surface area contributed by atoms with Crippen molar-refractivity contribution in [1.29, 1.82) is 0 Å². The third-order valence-corrected chi connectivity index (χ3v) is 9.06. The lowest BCUT2D eigenvalue weighted by atomic mass is 9.82. The highest BCUT2D eigenvalue weighted by molar-refractivity contribution is 6.42. The maximum atomic E-state index is 14.8. The van der Waals surface area contributed by atoms with Gasteiger partial charge in [0, 0.05) is 50.7 Å². The first kappa shape index (κ1) is 31.0. The number of ether oxygens (including phenoxy) is 2. The molecule has 7 nitrogen and oxygen atoms in total. The van der Waals surface area contributed by atoms with E-state index in [1.807, 2.05) is 0 Å². The fourth-order valence-corrected chi connectivity index (χ4v) is 6.30. The Balaban J connectivity index is 1.25. The zero-order chi connectivity index (χ0) is 30.7. The van der Waals surface area contributed by atoms with Crippen molar-refractivity contribution in [3.8, 4) is 5.75 Å². The monoisotopic (exact) mass is 631 g/mol. The summed E-state index contributed by atoms with van der Waals surface area (Å²) in [5, 5.41) is 3.41. The molecule has 0 aromatic heterocycles. The first-order valence-electron chi connectivity index (χ1n) is 14.1. The Morgan fingerprint density at radius 1 is 1.12 bits per heavy atom. The second-order valence-electron chi connectivity index (χ2n) is 11.0. The summed E-state index contributed by atoms with van der Waals surface area (Å²) in [7, 11) is 3.05. The van der Waals surface area contributed by atoms with Gasteiger partial charge in [-0.1, -0.05) is 41.4 Å². The lowest BCUT2D eigenvalue weighted by Gasteiger charge is -2.44. The van der Waals surface area contributed by atoms with Gasteiger partial charge in [-0.05, 0) is 61.3 Å². The van der Waals surface area contributed by atoms with Crippen molar-refractivity contribution >= 4 is 40.9 Å². The van der Waals surface area contributed by atoms with E-state index in [2.05, 4.69) is 10.2 Å². The van der Waals surface area contributed by atoms with Gasteiger partial charge < -0.3 is 19.3 Å². The van der Waals surface area contributed by atoms with Gasteiger partial charge in [-0.25, -0.2) is 13.6 Å². The van der Waals surface area contributed by atoms with Crippen molar-refractivity contribution < 1.29 is 27.8 Å². The smallest absolute Gasteiger partial charge is 0.412 e. The van der Waals surface area contributed by atoms with Gasteiger partial charge in [0.25, 0.3) is 0 Å². The molecule has 5 rings (SSSR count). The number of halogens is 4. The normalized spacial score (nSPS) is 16.7. The number of anilines is 1. The molecule has 0 radical (unpaired) electrons. The van der Waals surface area contributed by atoms with E-state index in [4.69, 9.17) is 32.7 Å². The molecule has 228 valence electrons. The van der Waals surface area contributed by atoms with Crippen molar-refractivity contribution in [3.05, 3.63) is 93.0 Å². The molecule has 1 saturated heterocycles. The molecule has 1 unspecified atom stereocenters. The average Bonchev–Trinajstić information content (AvgIpc) is 2.99. The summed E-state index contributed by atoms with van der Waals surface area (Å²) in [4.78, 5) is 29.8. The quantitative estimate of drug-likeness (QED) is 0.267. The lowest BCUT2D eigenvalue weighted by Crippen LogP contribution is -2.48. The lowest BCUT2D eigenvalue weighted by molar-refractivity contribution is -0.132. The highest BCUT2D eigenvalue weighted by atomic mass is 35.5. The molecule has 2 heterocycles. The second kappa shape index (κ2) is 13.1. The van der Waals surface area contributed by atoms with E-state index in [1.165, 1.54) is 30.2 Å². The zero-order valence-corrected chi connectivity index (χ0v) is 25.5. The first-order chi connectivity index (χ1) is 20.6. The number of methoxy groups -OCH3 is 1. The van der Waals surface area contributed by atoms with Gasteiger partial charge in [0.2, 0.25) is 5.91 Å². The summed E-state index contributed by atoms with van der Waals surface area (Å²) in [6.45, 7) is 2.06. The minimum absolute atomic E-state index is 0.0730. The minimum atomic E-state index is -0.868. The number of benzene rings is 3. The van der Waals surface area contributed by atoms with Gasteiger partial charge in [-0.3, -0.25) is 10.1 Å². The van der Waals surface area contributed by atoms with E-state index < -0.39 is 23.4 Å². The van der Waals surface area contributed by atoms with E-state index in [1.54, 1.807) is 43.4 Å². The Bertz CT molecular complexity index is 1510. The van der Waals surface area contributed by atoms with Gasteiger partial charge in [-0.15, -0.1) is 0 Å². The number of fused-ring (bicyclic) bond motifs is 2. The summed E-state index contributed by atoms with van der Waals surface area (Å²) in [6, 6.07) is 14.4. The van der Waals surface area contributed by atoms with Crippen molar-refractivity contribution in [2.75, 3.05) is 39.1 Å². The second-order valence-corrected chi connectivity index (χ2v) is 11.9. The number of piperidine rings is 1. The Labute approximate surface area is 259 Å². The van der Waals surface area contributed by atoms with E-state index in [0.717, 1.165) is 5.56 Å². The van der Waals surface area contributed by atoms with Gasteiger partial charge >= 0.3 is 6.09 Å². The summed E-state index contributed by atoms with van der Waals surface area (Å²) < 4.78 is 39.7. The molecule has 2 amide bonds. The number of nitrogens with one attached hydrogen (secondary N) is 1. The maximum Gasteiger partial charge on any atom is 0.412 e. The van der Waals surface area contributed by atoms with E-state index >= 15 is 0 Å². The first-order valence-corrected chi connectivity index (χ1v) is 14.9. The van der Waals surface area contributed by atoms with Crippen LogP contribution in [0, 0.1) is 11.6 Å². The van der Waals surface area contributed by atoms with Gasteiger partial charge in [-0.2, -0.15) is 0 Å². The molecule has 2 aliphatic heterocycles. The van der Waals surface area contributed by atoms with Crippen LogP contribution >= 0.6 is 23.2 Å². The van der Waals surface area contributed by atoms with Crippen molar-refractivity contribution in [2.45, 2.75) is 43.7 Å². The van der Waals surface area contributed by atoms with Gasteiger partial charge in [0.15, 0.2) is 11.6 Å². The van der Waals surface area contributed by atoms with Crippen LogP contribution in [0.4, 0.5) is 19.3 Å². The summed E-state index contributed by atoms with van der Waals surface area (Å²) >= 11 is 12.5. The molecular weight excluding hydrogens is 599 g/mol. The Hall–Kier alpha value is -3.40. The summed E-state index contributed by atoms with van der Waals surface area (Å²) in [5.41, 5.74) is 1.45. The molecule has 0 aliphatic carbocycles. The standard InChI is InChI=1S/C32H33Cl2F2N3O4/c1-38(19-21-5-3-7-28(42-2)29(21)36)30(40)23(20-8-10-25(33)26(34)17-20)6-4-14-39-15-12-32(13-16-39)24-18-22(35)9-11-27(24)37-31(41)43-32/h3,5,7-11,17-18,23H,4,6,12-16,19H2,1-2H3,(H,37,41). The number of hydrogen-bond acceptors (Lipinski definition) is 5. The maximum absolute atomic E-state index is 14.8. The molecule has 1 N–H and O–H groups in total. The fourth-order valence-electron chi connectivity index (χ4n) is 6.00. The van der Waals surface area contributed by atoms with Crippen LogP contribution < -0.4 is 10.1 Å². The molecule has 43 heavy (non-hydrogen) atoms. The number of carbonyl (C=O) groups excluding carboxylic acids is 2. The fraction of sp³-hybridized carbons (Fsp3) is 0.375. The molecule has 0 bridgehead atoms. The SMILES string of the molecule is COc1cccc(CN(C)C(=O)C(CCCN2CCC3(CC2)OC(=O)Nc2ccc(F)cc23)c2ccc(Cl)c(Cl)c2)c1F. The van der Waals surface area contributed by atoms with Crippen LogP contribution in [0.2, 0.25) is 10.0 Å². The number of rotatable bonds is 9. The Morgan fingerprint density at radius 2 is 1.88 bits per heavy atom.